The Hall–Kier alpha value is -1.64. The Kier molecular flexibility index (Phi) is 6.08. The van der Waals surface area contributed by atoms with E-state index >= 15 is 0 Å². The fourth-order valence-electron chi connectivity index (χ4n) is 4.04. The molecule has 7 nitrogen and oxygen atoms in total. The first-order valence-electron chi connectivity index (χ1n) is 9.59. The lowest BCUT2D eigenvalue weighted by molar-refractivity contribution is -0.129. The van der Waals surface area contributed by atoms with Gasteiger partial charge < -0.3 is 15.5 Å². The summed E-state index contributed by atoms with van der Waals surface area (Å²) >= 11 is 0. The molecule has 1 aromatic carbocycles. The molecule has 27 heavy (non-hydrogen) atoms. The minimum atomic E-state index is -3.60. The van der Waals surface area contributed by atoms with E-state index in [2.05, 4.69) is 11.0 Å². The monoisotopic (exact) mass is 394 g/mol. The van der Waals surface area contributed by atoms with Gasteiger partial charge in [-0.2, -0.15) is 4.31 Å². The van der Waals surface area contributed by atoms with Crippen LogP contribution < -0.4 is 10.6 Å². The van der Waals surface area contributed by atoms with Crippen LogP contribution in [0.4, 0.5) is 5.69 Å². The van der Waals surface area contributed by atoms with Crippen LogP contribution in [-0.2, 0) is 14.8 Å². The van der Waals surface area contributed by atoms with E-state index < -0.39 is 15.8 Å². The van der Waals surface area contributed by atoms with Crippen LogP contribution >= 0.6 is 0 Å². The number of nitrogens with two attached hydrogens (primary N) is 1. The summed E-state index contributed by atoms with van der Waals surface area (Å²) in [5.74, 6) is -0.483. The van der Waals surface area contributed by atoms with Gasteiger partial charge in [0.25, 0.3) is 0 Å². The number of sulfonamides is 1. The maximum absolute atomic E-state index is 12.7. The highest BCUT2D eigenvalue weighted by Crippen LogP contribution is 2.23. The van der Waals surface area contributed by atoms with E-state index in [1.54, 1.807) is 4.90 Å². The molecule has 0 radical (unpaired) electrons. The van der Waals surface area contributed by atoms with Crippen LogP contribution in [0.2, 0.25) is 0 Å². The molecule has 2 atom stereocenters. The van der Waals surface area contributed by atoms with Gasteiger partial charge in [0.1, 0.15) is 5.75 Å². The molecular weight excluding hydrogens is 364 g/mol. The molecule has 0 bridgehead atoms. The van der Waals surface area contributed by atoms with Gasteiger partial charge in [-0.15, -0.1) is 0 Å². The second-order valence-electron chi connectivity index (χ2n) is 7.71. The number of amides is 1. The summed E-state index contributed by atoms with van der Waals surface area (Å²) < 4.78 is 26.9. The average Bonchev–Trinajstić information content (AvgIpc) is 3.02. The Balaban J connectivity index is 1.57. The van der Waals surface area contributed by atoms with Crippen LogP contribution in [0.5, 0.6) is 0 Å². The Morgan fingerprint density at radius 1 is 1.22 bits per heavy atom. The topological polar surface area (TPSA) is 87.0 Å². The van der Waals surface area contributed by atoms with Crippen molar-refractivity contribution in [1.29, 1.82) is 0 Å². The molecule has 150 valence electrons. The fourth-order valence-corrected chi connectivity index (χ4v) is 5.42. The normalized spacial score (nSPS) is 24.4. The summed E-state index contributed by atoms with van der Waals surface area (Å²) in [5.41, 5.74) is 8.00. The molecule has 8 heteroatoms. The summed E-state index contributed by atoms with van der Waals surface area (Å²) in [5, 5.41) is 0. The summed E-state index contributed by atoms with van der Waals surface area (Å²) in [6.07, 6.45) is 0.845. The highest BCUT2D eigenvalue weighted by atomic mass is 32.2. The molecule has 2 unspecified atom stereocenters. The number of likely N-dealkylation sites (tertiary alicyclic amines) is 1. The van der Waals surface area contributed by atoms with Gasteiger partial charge in [-0.25, -0.2) is 8.42 Å². The van der Waals surface area contributed by atoms with Crippen molar-refractivity contribution in [3.8, 4) is 0 Å². The number of carbonyl (C=O) groups excluding carboxylic acids is 1. The molecule has 3 rings (SSSR count). The number of anilines is 1. The van der Waals surface area contributed by atoms with E-state index in [1.807, 2.05) is 32.0 Å². The fraction of sp³-hybridized carbons (Fsp3) is 0.632. The third-order valence-electron chi connectivity index (χ3n) is 5.62. The van der Waals surface area contributed by atoms with Gasteiger partial charge in [0, 0.05) is 44.5 Å². The molecule has 1 amide bonds. The summed E-state index contributed by atoms with van der Waals surface area (Å²) in [6, 6.07) is 8.27. The Morgan fingerprint density at radius 3 is 2.52 bits per heavy atom. The number of benzene rings is 1. The zero-order valence-electron chi connectivity index (χ0n) is 16.2. The molecule has 2 N–H and O–H groups in total. The second-order valence-corrected chi connectivity index (χ2v) is 9.68. The largest absolute Gasteiger partial charge is 0.369 e. The zero-order chi connectivity index (χ0) is 19.6. The lowest BCUT2D eigenvalue weighted by Gasteiger charge is -2.35. The summed E-state index contributed by atoms with van der Waals surface area (Å²) in [7, 11) is -3.60. The Bertz CT molecular complexity index is 775. The van der Waals surface area contributed by atoms with E-state index in [-0.39, 0.29) is 17.9 Å². The quantitative estimate of drug-likeness (QED) is 0.792. The molecule has 0 saturated carbocycles. The first kappa shape index (κ1) is 20.1. The molecule has 0 aliphatic carbocycles. The van der Waals surface area contributed by atoms with Crippen molar-refractivity contribution in [2.75, 3.05) is 49.9 Å². The first-order chi connectivity index (χ1) is 12.8. The molecule has 2 heterocycles. The molecular formula is C19H30N4O3S. The molecule has 2 fully saturated rings. The number of aryl methyl sites for hydroxylation is 1. The predicted molar refractivity (Wildman–Crippen MR) is 107 cm³/mol. The highest BCUT2D eigenvalue weighted by molar-refractivity contribution is 7.89. The second kappa shape index (κ2) is 8.16. The van der Waals surface area contributed by atoms with Crippen molar-refractivity contribution in [1.82, 2.24) is 9.21 Å². The minimum absolute atomic E-state index is 0.0550. The molecule has 0 aromatic heterocycles. The smallest absolute Gasteiger partial charge is 0.239 e. The molecule has 2 aliphatic heterocycles. The zero-order valence-corrected chi connectivity index (χ0v) is 17.0. The summed E-state index contributed by atoms with van der Waals surface area (Å²) in [4.78, 5) is 16.4. The Labute approximate surface area is 162 Å². The lowest BCUT2D eigenvalue weighted by Crippen LogP contribution is -2.51. The van der Waals surface area contributed by atoms with Crippen LogP contribution in [-0.4, -0.2) is 74.6 Å². The molecule has 0 spiro atoms. The van der Waals surface area contributed by atoms with Crippen molar-refractivity contribution in [3.05, 3.63) is 29.8 Å². The first-order valence-corrected chi connectivity index (χ1v) is 11.2. The van der Waals surface area contributed by atoms with Gasteiger partial charge >= 0.3 is 0 Å². The number of hydrogen-bond acceptors (Lipinski definition) is 5. The van der Waals surface area contributed by atoms with Gasteiger partial charge in [0.05, 0.1) is 0 Å². The average molecular weight is 395 g/mol. The highest BCUT2D eigenvalue weighted by Gasteiger charge is 2.36. The number of hydrogen-bond donors (Lipinski definition) is 1. The van der Waals surface area contributed by atoms with Gasteiger partial charge in [-0.05, 0) is 50.4 Å². The predicted octanol–water partition coefficient (Wildman–Crippen LogP) is 0.643. The maximum atomic E-state index is 12.7. The SMILES string of the molecule is Cc1cccc(N2CCN(S(=O)(=O)CC(=O)N3CC(CN)CC3C)CC2)c1. The number of rotatable bonds is 5. The van der Waals surface area contributed by atoms with Gasteiger partial charge in [-0.1, -0.05) is 12.1 Å². The maximum Gasteiger partial charge on any atom is 0.239 e. The van der Waals surface area contributed by atoms with E-state index in [1.165, 1.54) is 9.87 Å². The lowest BCUT2D eigenvalue weighted by atomic mass is 10.1. The van der Waals surface area contributed by atoms with Crippen molar-refractivity contribution < 1.29 is 13.2 Å². The van der Waals surface area contributed by atoms with Crippen molar-refractivity contribution in [2.45, 2.75) is 26.3 Å². The third-order valence-corrected chi connectivity index (χ3v) is 7.38. The van der Waals surface area contributed by atoms with Crippen LogP contribution in [0.25, 0.3) is 0 Å². The molecule has 1 aromatic rings. The number of nitrogens with zero attached hydrogens (tertiary/aromatic N) is 3. The Morgan fingerprint density at radius 2 is 1.93 bits per heavy atom. The summed E-state index contributed by atoms with van der Waals surface area (Å²) in [6.45, 7) is 7.17. The van der Waals surface area contributed by atoms with Gasteiger partial charge in [0.15, 0.2) is 0 Å². The van der Waals surface area contributed by atoms with Gasteiger partial charge in [0.2, 0.25) is 15.9 Å². The van der Waals surface area contributed by atoms with Crippen LogP contribution in [0, 0.1) is 12.8 Å². The minimum Gasteiger partial charge on any atom is -0.369 e. The van der Waals surface area contributed by atoms with Crippen molar-refractivity contribution >= 4 is 21.6 Å². The van der Waals surface area contributed by atoms with E-state index in [4.69, 9.17) is 5.73 Å². The number of carbonyl (C=O) groups is 1. The van der Waals surface area contributed by atoms with Gasteiger partial charge in [-0.3, -0.25) is 4.79 Å². The van der Waals surface area contributed by atoms with E-state index in [0.717, 1.165) is 12.1 Å². The van der Waals surface area contributed by atoms with Crippen LogP contribution in [0.1, 0.15) is 18.9 Å². The van der Waals surface area contributed by atoms with Crippen molar-refractivity contribution in [3.63, 3.8) is 0 Å². The standard InChI is InChI=1S/C19H30N4O3S/c1-15-4-3-5-18(10-15)21-6-8-22(9-7-21)27(25,26)14-19(24)23-13-17(12-20)11-16(23)2/h3-5,10,16-17H,6-9,11-14,20H2,1-2H3. The third kappa shape index (κ3) is 4.62. The molecule has 2 aliphatic rings. The van der Waals surface area contributed by atoms with E-state index in [0.29, 0.717) is 39.3 Å². The van der Waals surface area contributed by atoms with Crippen LogP contribution in [0.15, 0.2) is 24.3 Å². The van der Waals surface area contributed by atoms with Crippen molar-refractivity contribution in [2.24, 2.45) is 11.7 Å². The van der Waals surface area contributed by atoms with E-state index in [9.17, 15) is 13.2 Å². The number of piperazine rings is 1. The van der Waals surface area contributed by atoms with Crippen LogP contribution in [0.3, 0.4) is 0 Å². The molecule has 2 saturated heterocycles.